The molecule has 2 nitrogen and oxygen atoms in total. The Balaban J connectivity index is 3.87. The zero-order valence-electron chi connectivity index (χ0n) is 10.7. The molecule has 0 aliphatic carbocycles. The second-order valence-corrected chi connectivity index (χ2v) is 4.96. The number of hydrogen-bond donors (Lipinski definition) is 0. The van der Waals surface area contributed by atoms with Crippen molar-refractivity contribution in [1.82, 2.24) is 0 Å². The zero-order valence-corrected chi connectivity index (χ0v) is 10.7. The largest absolute Gasteiger partial charge is 0.462 e. The van der Waals surface area contributed by atoms with Gasteiger partial charge in [-0.1, -0.05) is 34.3 Å². The number of ether oxygens (including phenoxy) is 1. The fourth-order valence-corrected chi connectivity index (χ4v) is 1.47. The average molecular weight is 212 g/mol. The molecule has 2 heteroatoms. The quantitative estimate of drug-likeness (QED) is 0.498. The van der Waals surface area contributed by atoms with E-state index in [1.165, 1.54) is 6.42 Å². The Bertz CT molecular complexity index is 219. The van der Waals surface area contributed by atoms with Gasteiger partial charge in [0.15, 0.2) is 0 Å². The van der Waals surface area contributed by atoms with Crippen LogP contribution in [0, 0.1) is 17.8 Å². The number of carbonyl (C=O) groups is 1. The molecule has 2 atom stereocenters. The maximum absolute atomic E-state index is 11.2. The van der Waals surface area contributed by atoms with Gasteiger partial charge in [0.25, 0.3) is 0 Å². The molecule has 0 aromatic carbocycles. The first kappa shape index (κ1) is 14.2. The van der Waals surface area contributed by atoms with E-state index < -0.39 is 0 Å². The summed E-state index contributed by atoms with van der Waals surface area (Å²) in [5.74, 6) is 1.41. The van der Waals surface area contributed by atoms with Crippen LogP contribution in [0.2, 0.25) is 0 Å². The van der Waals surface area contributed by atoms with E-state index in [0.29, 0.717) is 29.9 Å². The molecule has 2 unspecified atom stereocenters. The van der Waals surface area contributed by atoms with Crippen LogP contribution in [0.1, 0.15) is 41.0 Å². The minimum Gasteiger partial charge on any atom is -0.462 e. The lowest BCUT2D eigenvalue weighted by atomic mass is 9.89. The third-order valence-corrected chi connectivity index (χ3v) is 2.64. The third kappa shape index (κ3) is 6.32. The first-order valence-electron chi connectivity index (χ1n) is 5.67. The molecule has 0 aromatic heterocycles. The SMILES string of the molecule is C=C(C)C(=O)OCC(C)C(C)CC(C)C. The molecule has 0 aliphatic rings. The Morgan fingerprint density at radius 1 is 1.20 bits per heavy atom. The van der Waals surface area contributed by atoms with Crippen LogP contribution in [0.3, 0.4) is 0 Å². The maximum Gasteiger partial charge on any atom is 0.333 e. The van der Waals surface area contributed by atoms with E-state index in [1.54, 1.807) is 6.92 Å². The molecule has 15 heavy (non-hydrogen) atoms. The van der Waals surface area contributed by atoms with E-state index in [-0.39, 0.29) is 5.97 Å². The molecule has 0 saturated carbocycles. The summed E-state index contributed by atoms with van der Waals surface area (Å²) in [6.07, 6.45) is 1.17. The van der Waals surface area contributed by atoms with E-state index in [9.17, 15) is 4.79 Å². The Morgan fingerprint density at radius 2 is 1.73 bits per heavy atom. The van der Waals surface area contributed by atoms with Gasteiger partial charge in [0, 0.05) is 5.57 Å². The van der Waals surface area contributed by atoms with Crippen molar-refractivity contribution < 1.29 is 9.53 Å². The van der Waals surface area contributed by atoms with Crippen molar-refractivity contribution >= 4 is 5.97 Å². The second-order valence-electron chi connectivity index (χ2n) is 4.96. The topological polar surface area (TPSA) is 26.3 Å². The highest BCUT2D eigenvalue weighted by Gasteiger charge is 2.15. The van der Waals surface area contributed by atoms with Crippen LogP contribution in [0.5, 0.6) is 0 Å². The van der Waals surface area contributed by atoms with Crippen LogP contribution >= 0.6 is 0 Å². The second kappa shape index (κ2) is 6.65. The van der Waals surface area contributed by atoms with Gasteiger partial charge in [-0.2, -0.15) is 0 Å². The van der Waals surface area contributed by atoms with Gasteiger partial charge in [-0.25, -0.2) is 4.79 Å². The zero-order chi connectivity index (χ0) is 12.0. The van der Waals surface area contributed by atoms with Crippen molar-refractivity contribution in [3.05, 3.63) is 12.2 Å². The van der Waals surface area contributed by atoms with Crippen molar-refractivity contribution in [2.75, 3.05) is 6.61 Å². The van der Waals surface area contributed by atoms with Crippen molar-refractivity contribution in [3.8, 4) is 0 Å². The summed E-state index contributed by atoms with van der Waals surface area (Å²) in [4.78, 5) is 11.2. The molecule has 0 radical (unpaired) electrons. The minimum atomic E-state index is -0.279. The molecule has 0 N–H and O–H groups in total. The molecular weight excluding hydrogens is 188 g/mol. The van der Waals surface area contributed by atoms with E-state index in [4.69, 9.17) is 4.74 Å². The highest BCUT2D eigenvalue weighted by molar-refractivity contribution is 5.86. The summed E-state index contributed by atoms with van der Waals surface area (Å²) >= 11 is 0. The Labute approximate surface area is 93.7 Å². The van der Waals surface area contributed by atoms with Crippen LogP contribution < -0.4 is 0 Å². The van der Waals surface area contributed by atoms with Gasteiger partial charge < -0.3 is 4.74 Å². The number of esters is 1. The van der Waals surface area contributed by atoms with E-state index in [1.807, 2.05) is 0 Å². The Kier molecular flexibility index (Phi) is 6.30. The van der Waals surface area contributed by atoms with Gasteiger partial charge in [0.2, 0.25) is 0 Å². The Morgan fingerprint density at radius 3 is 2.13 bits per heavy atom. The van der Waals surface area contributed by atoms with Gasteiger partial charge in [0.1, 0.15) is 0 Å². The molecule has 0 aromatic rings. The van der Waals surface area contributed by atoms with Crippen LogP contribution in [-0.4, -0.2) is 12.6 Å². The van der Waals surface area contributed by atoms with Gasteiger partial charge in [0.05, 0.1) is 6.61 Å². The van der Waals surface area contributed by atoms with Crippen molar-refractivity contribution in [2.24, 2.45) is 17.8 Å². The van der Waals surface area contributed by atoms with Crippen molar-refractivity contribution in [3.63, 3.8) is 0 Å². The molecule has 0 bridgehead atoms. The molecule has 0 aliphatic heterocycles. The summed E-state index contributed by atoms with van der Waals surface area (Å²) < 4.78 is 5.13. The molecule has 88 valence electrons. The predicted octanol–water partition coefficient (Wildman–Crippen LogP) is 3.42. The van der Waals surface area contributed by atoms with Crippen LogP contribution in [-0.2, 0) is 9.53 Å². The third-order valence-electron chi connectivity index (χ3n) is 2.64. The van der Waals surface area contributed by atoms with Gasteiger partial charge >= 0.3 is 5.97 Å². The summed E-state index contributed by atoms with van der Waals surface area (Å²) in [6.45, 7) is 14.5. The highest BCUT2D eigenvalue weighted by Crippen LogP contribution is 2.20. The fraction of sp³-hybridized carbons (Fsp3) is 0.769. The van der Waals surface area contributed by atoms with Gasteiger partial charge in [-0.05, 0) is 31.1 Å². The summed E-state index contributed by atoms with van der Waals surface area (Å²) in [5.41, 5.74) is 0.471. The van der Waals surface area contributed by atoms with Gasteiger partial charge in [-0.3, -0.25) is 0 Å². The fourth-order valence-electron chi connectivity index (χ4n) is 1.47. The molecule has 0 fully saturated rings. The number of hydrogen-bond acceptors (Lipinski definition) is 2. The van der Waals surface area contributed by atoms with E-state index >= 15 is 0 Å². The first-order chi connectivity index (χ1) is 6.84. The van der Waals surface area contributed by atoms with Crippen LogP contribution in [0.4, 0.5) is 0 Å². The summed E-state index contributed by atoms with van der Waals surface area (Å²) in [6, 6.07) is 0. The molecule has 0 heterocycles. The normalized spacial score (nSPS) is 14.8. The van der Waals surface area contributed by atoms with Crippen molar-refractivity contribution in [2.45, 2.75) is 41.0 Å². The average Bonchev–Trinajstić information content (AvgIpc) is 2.12. The van der Waals surface area contributed by atoms with Gasteiger partial charge in [-0.15, -0.1) is 0 Å². The lowest BCUT2D eigenvalue weighted by Crippen LogP contribution is -2.19. The first-order valence-corrected chi connectivity index (χ1v) is 5.67. The molecule has 0 spiro atoms. The van der Waals surface area contributed by atoms with Crippen molar-refractivity contribution in [1.29, 1.82) is 0 Å². The predicted molar refractivity (Wildman–Crippen MR) is 63.6 cm³/mol. The minimum absolute atomic E-state index is 0.279. The standard InChI is InChI=1S/C13H24O2/c1-9(2)7-11(5)12(6)8-15-13(14)10(3)4/h9,11-12H,3,7-8H2,1-2,4-6H3. The maximum atomic E-state index is 11.2. The monoisotopic (exact) mass is 212 g/mol. The number of rotatable bonds is 6. The van der Waals surface area contributed by atoms with E-state index in [0.717, 1.165) is 0 Å². The lowest BCUT2D eigenvalue weighted by Gasteiger charge is -2.21. The lowest BCUT2D eigenvalue weighted by molar-refractivity contribution is -0.140. The Hall–Kier alpha value is -0.790. The number of carbonyl (C=O) groups excluding carboxylic acids is 1. The van der Waals surface area contributed by atoms with Crippen LogP contribution in [0.25, 0.3) is 0 Å². The molecule has 0 saturated heterocycles. The summed E-state index contributed by atoms with van der Waals surface area (Å²) in [5, 5.41) is 0. The molecule has 0 rings (SSSR count). The molecule has 0 amide bonds. The highest BCUT2D eigenvalue weighted by atomic mass is 16.5. The van der Waals surface area contributed by atoms with Crippen LogP contribution in [0.15, 0.2) is 12.2 Å². The summed E-state index contributed by atoms with van der Waals surface area (Å²) in [7, 11) is 0. The molecular formula is C13H24O2. The smallest absolute Gasteiger partial charge is 0.333 e. The van der Waals surface area contributed by atoms with E-state index in [2.05, 4.69) is 34.3 Å².